The van der Waals surface area contributed by atoms with Crippen molar-refractivity contribution in [1.29, 1.82) is 0 Å². The number of hydrogen-bond acceptors (Lipinski definition) is 5. The zero-order valence-corrected chi connectivity index (χ0v) is 14.2. The Bertz CT molecular complexity index is 529. The number of carbonyl (C=O) groups is 2. The number of urea groups is 1. The first-order valence-electron chi connectivity index (χ1n) is 7.80. The van der Waals surface area contributed by atoms with E-state index in [-0.39, 0.29) is 0 Å². The second-order valence-corrected chi connectivity index (χ2v) is 6.85. The van der Waals surface area contributed by atoms with E-state index in [2.05, 4.69) is 27.7 Å². The van der Waals surface area contributed by atoms with Crippen LogP contribution in [0.1, 0.15) is 12.5 Å². The van der Waals surface area contributed by atoms with Gasteiger partial charge >= 0.3 is 6.03 Å². The minimum atomic E-state index is -0.838. The van der Waals surface area contributed by atoms with Gasteiger partial charge in [-0.1, -0.05) is 12.1 Å². The van der Waals surface area contributed by atoms with E-state index in [9.17, 15) is 9.59 Å². The number of amides is 3. The van der Waals surface area contributed by atoms with Crippen LogP contribution in [0.5, 0.6) is 0 Å². The maximum absolute atomic E-state index is 11.6. The van der Waals surface area contributed by atoms with Gasteiger partial charge in [0.15, 0.2) is 0 Å². The third-order valence-corrected chi connectivity index (χ3v) is 4.74. The number of rotatable bonds is 6. The van der Waals surface area contributed by atoms with Crippen molar-refractivity contribution in [3.05, 3.63) is 29.8 Å². The molecule has 1 saturated heterocycles. The number of nitrogens with one attached hydrogen (secondary N) is 2. The van der Waals surface area contributed by atoms with Crippen molar-refractivity contribution in [2.45, 2.75) is 19.4 Å². The number of hydrogen-bond donors (Lipinski definition) is 3. The lowest BCUT2D eigenvalue weighted by atomic mass is 10.1. The summed E-state index contributed by atoms with van der Waals surface area (Å²) < 4.78 is 0. The van der Waals surface area contributed by atoms with Crippen LogP contribution in [0.3, 0.4) is 0 Å². The van der Waals surface area contributed by atoms with E-state index in [4.69, 9.17) is 5.73 Å². The number of carbonyl (C=O) groups excluding carboxylic acids is 2. The smallest absolute Gasteiger partial charge is 0.318 e. The van der Waals surface area contributed by atoms with Crippen molar-refractivity contribution < 1.29 is 9.59 Å². The van der Waals surface area contributed by atoms with Crippen molar-refractivity contribution in [2.75, 3.05) is 36.5 Å². The maximum atomic E-state index is 11.6. The van der Waals surface area contributed by atoms with E-state index in [0.29, 0.717) is 0 Å². The van der Waals surface area contributed by atoms with E-state index < -0.39 is 18.0 Å². The lowest BCUT2D eigenvalue weighted by Crippen LogP contribution is -2.43. The maximum Gasteiger partial charge on any atom is 0.318 e. The third kappa shape index (κ3) is 6.11. The fraction of sp³-hybridized carbons (Fsp3) is 0.500. The van der Waals surface area contributed by atoms with Gasteiger partial charge in [0.25, 0.3) is 0 Å². The van der Waals surface area contributed by atoms with Crippen LogP contribution in [-0.2, 0) is 11.2 Å². The Morgan fingerprint density at radius 3 is 2.52 bits per heavy atom. The summed E-state index contributed by atoms with van der Waals surface area (Å²) in [6.07, 6.45) is 1.03. The summed E-state index contributed by atoms with van der Waals surface area (Å²) in [6, 6.07) is 6.68. The van der Waals surface area contributed by atoms with Gasteiger partial charge in [0.2, 0.25) is 5.91 Å². The van der Waals surface area contributed by atoms with Gasteiger partial charge < -0.3 is 16.0 Å². The van der Waals surface area contributed by atoms with E-state index in [0.717, 1.165) is 18.7 Å². The van der Waals surface area contributed by atoms with Gasteiger partial charge in [0.1, 0.15) is 6.04 Å². The van der Waals surface area contributed by atoms with Gasteiger partial charge in [0.05, 0.1) is 0 Å². The lowest BCUT2D eigenvalue weighted by molar-refractivity contribution is -0.120. The highest BCUT2D eigenvalue weighted by molar-refractivity contribution is 7.99. The normalized spacial score (nSPS) is 16.6. The molecule has 3 amide bonds. The molecule has 1 aromatic rings. The predicted molar refractivity (Wildman–Crippen MR) is 94.7 cm³/mol. The average molecular weight is 336 g/mol. The average Bonchev–Trinajstić information content (AvgIpc) is 2.54. The Labute approximate surface area is 141 Å². The molecule has 4 N–H and O–H groups in total. The van der Waals surface area contributed by atoms with Crippen LogP contribution in [0.4, 0.5) is 10.5 Å². The van der Waals surface area contributed by atoms with Gasteiger partial charge in [-0.3, -0.25) is 10.1 Å². The van der Waals surface area contributed by atoms with Gasteiger partial charge in [-0.15, -0.1) is 0 Å². The molecule has 0 bridgehead atoms. The molecule has 1 atom stereocenters. The molecule has 1 aliphatic heterocycles. The molecule has 23 heavy (non-hydrogen) atoms. The second-order valence-electron chi connectivity index (χ2n) is 5.62. The second kappa shape index (κ2) is 8.79. The first-order chi connectivity index (χ1) is 11.0. The number of benzene rings is 1. The van der Waals surface area contributed by atoms with Crippen LogP contribution in [0.25, 0.3) is 0 Å². The largest absolute Gasteiger partial charge is 0.374 e. The Kier molecular flexibility index (Phi) is 6.73. The summed E-state index contributed by atoms with van der Waals surface area (Å²) in [7, 11) is 0. The molecule has 6 nitrogen and oxygen atoms in total. The number of imide groups is 1. The summed E-state index contributed by atoms with van der Waals surface area (Å²) in [5.41, 5.74) is 7.06. The number of nitrogens with two attached hydrogens (primary N) is 1. The molecule has 0 unspecified atom stereocenters. The quantitative estimate of drug-likeness (QED) is 0.728. The lowest BCUT2D eigenvalue weighted by Gasteiger charge is -2.26. The Morgan fingerprint density at radius 1 is 1.26 bits per heavy atom. The highest BCUT2D eigenvalue weighted by Gasteiger charge is 2.14. The first-order valence-corrected chi connectivity index (χ1v) is 8.96. The van der Waals surface area contributed by atoms with Gasteiger partial charge in [-0.2, -0.15) is 11.8 Å². The monoisotopic (exact) mass is 336 g/mol. The number of anilines is 1. The van der Waals surface area contributed by atoms with Crippen LogP contribution in [-0.4, -0.2) is 54.0 Å². The molecule has 0 saturated carbocycles. The minimum Gasteiger partial charge on any atom is -0.374 e. The van der Waals surface area contributed by atoms with Crippen molar-refractivity contribution in [2.24, 2.45) is 5.73 Å². The van der Waals surface area contributed by atoms with E-state index in [1.54, 1.807) is 6.92 Å². The Balaban J connectivity index is 1.79. The van der Waals surface area contributed by atoms with E-state index >= 15 is 0 Å². The number of primary amides is 1. The van der Waals surface area contributed by atoms with E-state index in [1.165, 1.54) is 30.2 Å². The molecule has 0 radical (unpaired) electrons. The molecular weight excluding hydrogens is 312 g/mol. The molecule has 7 heteroatoms. The van der Waals surface area contributed by atoms with Crippen LogP contribution in [0.2, 0.25) is 0 Å². The number of nitrogens with zero attached hydrogens (tertiary/aromatic N) is 1. The van der Waals surface area contributed by atoms with Crippen LogP contribution in [0.15, 0.2) is 24.3 Å². The third-order valence-electron chi connectivity index (χ3n) is 3.80. The highest BCUT2D eigenvalue weighted by atomic mass is 32.2. The Hall–Kier alpha value is -1.73. The van der Waals surface area contributed by atoms with Crippen LogP contribution in [0, 0.1) is 0 Å². The standard InChI is InChI=1S/C16H24N4O2S/c1-12(15(21)19-16(17)22)18-14-4-2-13(3-5-14)6-7-20-8-10-23-11-9-20/h2-5,12,18H,6-11H2,1H3,(H3,17,19,21,22)/t12-/m0/s1. The molecule has 1 fully saturated rings. The number of thioether (sulfide) groups is 1. The van der Waals surface area contributed by atoms with E-state index in [1.807, 2.05) is 23.9 Å². The predicted octanol–water partition coefficient (Wildman–Crippen LogP) is 1.27. The van der Waals surface area contributed by atoms with Gasteiger partial charge in [-0.05, 0) is 31.0 Å². The fourth-order valence-corrected chi connectivity index (χ4v) is 3.40. The first kappa shape index (κ1) is 17.6. The molecule has 0 spiro atoms. The minimum absolute atomic E-state index is 0.440. The van der Waals surface area contributed by atoms with Crippen molar-refractivity contribution in [1.82, 2.24) is 10.2 Å². The molecule has 1 aromatic carbocycles. The molecule has 126 valence electrons. The van der Waals surface area contributed by atoms with Crippen LogP contribution >= 0.6 is 11.8 Å². The topological polar surface area (TPSA) is 87.5 Å². The molecule has 0 aromatic heterocycles. The summed E-state index contributed by atoms with van der Waals surface area (Å²) in [5, 5.41) is 5.11. The van der Waals surface area contributed by atoms with Crippen molar-refractivity contribution >= 4 is 29.4 Å². The van der Waals surface area contributed by atoms with Gasteiger partial charge in [-0.25, -0.2) is 4.79 Å². The van der Waals surface area contributed by atoms with Gasteiger partial charge in [0, 0.05) is 36.8 Å². The molecule has 1 aliphatic rings. The Morgan fingerprint density at radius 2 is 1.91 bits per heavy atom. The zero-order chi connectivity index (χ0) is 16.7. The zero-order valence-electron chi connectivity index (χ0n) is 13.4. The summed E-state index contributed by atoms with van der Waals surface area (Å²) >= 11 is 2.02. The molecular formula is C16H24N4O2S. The molecule has 1 heterocycles. The summed E-state index contributed by atoms with van der Waals surface area (Å²) in [5.74, 6) is 2.02. The van der Waals surface area contributed by atoms with Crippen molar-refractivity contribution in [3.8, 4) is 0 Å². The fourth-order valence-electron chi connectivity index (χ4n) is 2.42. The molecule has 0 aliphatic carbocycles. The highest BCUT2D eigenvalue weighted by Crippen LogP contribution is 2.13. The SMILES string of the molecule is C[C@H](Nc1ccc(CCN2CCSCC2)cc1)C(=O)NC(N)=O. The van der Waals surface area contributed by atoms with Crippen molar-refractivity contribution in [3.63, 3.8) is 0 Å². The summed E-state index contributed by atoms with van der Waals surface area (Å²) in [4.78, 5) is 24.8. The molecule has 2 rings (SSSR count). The summed E-state index contributed by atoms with van der Waals surface area (Å²) in [6.45, 7) is 5.12. The van der Waals surface area contributed by atoms with Crippen LogP contribution < -0.4 is 16.4 Å².